The summed E-state index contributed by atoms with van der Waals surface area (Å²) in [5, 5.41) is 17.1. The molecule has 0 radical (unpaired) electrons. The van der Waals surface area contributed by atoms with Gasteiger partial charge in [0.25, 0.3) is 0 Å². The molecular weight excluding hydrogens is 201 g/mol. The minimum atomic E-state index is -4.18. The first-order valence-electron chi connectivity index (χ1n) is 3.56. The number of hydrogen-bond donors (Lipinski definition) is 5. The molecule has 8 heteroatoms. The summed E-state index contributed by atoms with van der Waals surface area (Å²) >= 11 is 0. The van der Waals surface area contributed by atoms with Crippen LogP contribution in [0.2, 0.25) is 0 Å². The zero-order valence-corrected chi connectivity index (χ0v) is 7.80. The van der Waals surface area contributed by atoms with Crippen molar-refractivity contribution in [1.29, 1.82) is 0 Å². The lowest BCUT2D eigenvalue weighted by atomic mass is 10.4. The fraction of sp³-hybridized carbons (Fsp3) is 1.00. The van der Waals surface area contributed by atoms with E-state index in [1.165, 1.54) is 0 Å². The highest BCUT2D eigenvalue weighted by Crippen LogP contribution is 2.34. The molecule has 2 unspecified atom stereocenters. The van der Waals surface area contributed by atoms with Gasteiger partial charge in [0.1, 0.15) is 12.3 Å². The first-order chi connectivity index (χ1) is 5.85. The third-order valence-corrected chi connectivity index (χ3v) is 1.97. The van der Waals surface area contributed by atoms with E-state index in [0.29, 0.717) is 0 Å². The van der Waals surface area contributed by atoms with Crippen molar-refractivity contribution in [2.24, 2.45) is 5.73 Å². The lowest BCUT2D eigenvalue weighted by Crippen LogP contribution is -2.32. The smallest absolute Gasteiger partial charge is 0.329 e. The third-order valence-electron chi connectivity index (χ3n) is 1.13. The summed E-state index contributed by atoms with van der Waals surface area (Å²) in [6.45, 7) is -0.736. The number of nitrogens with two attached hydrogens (primary N) is 1. The highest BCUT2D eigenvalue weighted by Gasteiger charge is 2.19. The van der Waals surface area contributed by atoms with Gasteiger partial charge < -0.3 is 30.5 Å². The number of hydrogen-bond acceptors (Lipinski definition) is 5. The Kier molecular flexibility index (Phi) is 5.66. The van der Waals surface area contributed by atoms with Crippen LogP contribution in [-0.2, 0) is 9.30 Å². The largest absolute Gasteiger partial charge is 0.394 e. The van der Waals surface area contributed by atoms with E-state index in [-0.39, 0.29) is 6.61 Å². The van der Waals surface area contributed by atoms with Crippen LogP contribution in [0.3, 0.4) is 0 Å². The number of ether oxygens (including phenoxy) is 1. The molecule has 0 aliphatic heterocycles. The molecule has 13 heavy (non-hydrogen) atoms. The number of rotatable bonds is 6. The fourth-order valence-corrected chi connectivity index (χ4v) is 1.15. The Balaban J connectivity index is 3.63. The first-order valence-corrected chi connectivity index (χ1v) is 5.35. The highest BCUT2D eigenvalue weighted by molar-refractivity contribution is 7.51. The number of aliphatic hydroxyl groups is 2. The van der Waals surface area contributed by atoms with Crippen LogP contribution in [0.4, 0.5) is 0 Å². The Morgan fingerprint density at radius 3 is 2.38 bits per heavy atom. The predicted octanol–water partition coefficient (Wildman–Crippen LogP) is -2.18. The standard InChI is InChI=1S/C5H14NO6P/c6-5(3-13(9,10)11)12-2-4(8)1-7/h4-5,7-8H,1-3,6H2,(H2,9,10,11). The van der Waals surface area contributed by atoms with Gasteiger partial charge in [-0.15, -0.1) is 0 Å². The molecule has 0 heterocycles. The van der Waals surface area contributed by atoms with Crippen LogP contribution in [-0.4, -0.2) is 51.7 Å². The lowest BCUT2D eigenvalue weighted by molar-refractivity contribution is -0.0205. The Hall–Kier alpha value is -0.0100. The monoisotopic (exact) mass is 215 g/mol. The second-order valence-corrected chi connectivity index (χ2v) is 4.25. The second kappa shape index (κ2) is 5.66. The van der Waals surface area contributed by atoms with Gasteiger partial charge >= 0.3 is 7.60 Å². The summed E-state index contributed by atoms with van der Waals surface area (Å²) in [6.07, 6.45) is -2.82. The molecule has 0 aromatic carbocycles. The van der Waals surface area contributed by atoms with E-state index in [4.69, 9.17) is 25.7 Å². The van der Waals surface area contributed by atoms with Gasteiger partial charge in [0.05, 0.1) is 19.4 Å². The molecular formula is C5H14NO6P. The SMILES string of the molecule is NC(CP(=O)(O)O)OCC(O)CO. The predicted molar refractivity (Wildman–Crippen MR) is 43.9 cm³/mol. The summed E-state index contributed by atoms with van der Waals surface area (Å²) in [4.78, 5) is 16.9. The van der Waals surface area contributed by atoms with E-state index in [0.717, 1.165) is 0 Å². The normalized spacial score (nSPS) is 17.0. The molecule has 0 aliphatic rings. The van der Waals surface area contributed by atoms with Gasteiger partial charge in [-0.2, -0.15) is 0 Å². The van der Waals surface area contributed by atoms with Crippen molar-refractivity contribution in [2.75, 3.05) is 19.4 Å². The van der Waals surface area contributed by atoms with E-state index < -0.39 is 32.7 Å². The molecule has 0 amide bonds. The Bertz CT molecular complexity index is 182. The van der Waals surface area contributed by atoms with Gasteiger partial charge in [-0.25, -0.2) is 0 Å². The third kappa shape index (κ3) is 8.32. The van der Waals surface area contributed by atoms with Crippen molar-refractivity contribution in [3.63, 3.8) is 0 Å². The average molecular weight is 215 g/mol. The molecule has 0 aromatic rings. The quantitative estimate of drug-likeness (QED) is 0.251. The van der Waals surface area contributed by atoms with Crippen molar-refractivity contribution < 1.29 is 29.3 Å². The van der Waals surface area contributed by atoms with E-state index in [1.807, 2.05) is 0 Å². The molecule has 0 saturated heterocycles. The van der Waals surface area contributed by atoms with Gasteiger partial charge in [-0.3, -0.25) is 4.57 Å². The van der Waals surface area contributed by atoms with E-state index >= 15 is 0 Å². The van der Waals surface area contributed by atoms with E-state index in [2.05, 4.69) is 4.74 Å². The van der Waals surface area contributed by atoms with Crippen LogP contribution in [0, 0.1) is 0 Å². The van der Waals surface area contributed by atoms with Crippen LogP contribution >= 0.6 is 7.60 Å². The van der Waals surface area contributed by atoms with Gasteiger partial charge in [-0.05, 0) is 0 Å². The highest BCUT2D eigenvalue weighted by atomic mass is 31.2. The van der Waals surface area contributed by atoms with Crippen molar-refractivity contribution >= 4 is 7.60 Å². The fourth-order valence-electron chi connectivity index (χ4n) is 0.574. The van der Waals surface area contributed by atoms with Gasteiger partial charge in [0, 0.05) is 0 Å². The maximum Gasteiger partial charge on any atom is 0.329 e. The Morgan fingerprint density at radius 1 is 1.46 bits per heavy atom. The molecule has 0 bridgehead atoms. The first kappa shape index (κ1) is 13.0. The molecule has 6 N–H and O–H groups in total. The van der Waals surface area contributed by atoms with Crippen LogP contribution in [0.25, 0.3) is 0 Å². The molecule has 0 fully saturated rings. The zero-order chi connectivity index (χ0) is 10.5. The molecule has 80 valence electrons. The summed E-state index contributed by atoms with van der Waals surface area (Å²) in [5.41, 5.74) is 5.16. The van der Waals surface area contributed by atoms with E-state index in [9.17, 15) is 4.57 Å². The van der Waals surface area contributed by atoms with Gasteiger partial charge in [0.2, 0.25) is 0 Å². The molecule has 0 aliphatic carbocycles. The second-order valence-electron chi connectivity index (χ2n) is 2.56. The molecule has 0 spiro atoms. The van der Waals surface area contributed by atoms with Crippen molar-refractivity contribution in [3.8, 4) is 0 Å². The minimum absolute atomic E-state index is 0.252. The van der Waals surface area contributed by atoms with Crippen LogP contribution in [0.1, 0.15) is 0 Å². The molecule has 2 atom stereocenters. The summed E-state index contributed by atoms with van der Waals surface area (Å²) in [6, 6.07) is 0. The van der Waals surface area contributed by atoms with Gasteiger partial charge in [-0.1, -0.05) is 0 Å². The van der Waals surface area contributed by atoms with E-state index in [1.54, 1.807) is 0 Å². The minimum Gasteiger partial charge on any atom is -0.394 e. The molecule has 7 nitrogen and oxygen atoms in total. The zero-order valence-electron chi connectivity index (χ0n) is 6.91. The van der Waals surface area contributed by atoms with Crippen LogP contribution in [0.15, 0.2) is 0 Å². The van der Waals surface area contributed by atoms with Crippen molar-refractivity contribution in [1.82, 2.24) is 0 Å². The van der Waals surface area contributed by atoms with Crippen LogP contribution < -0.4 is 5.73 Å². The molecule has 0 aromatic heterocycles. The maximum absolute atomic E-state index is 10.4. The lowest BCUT2D eigenvalue weighted by Gasteiger charge is -2.15. The molecule has 0 rings (SSSR count). The number of aliphatic hydroxyl groups excluding tert-OH is 2. The maximum atomic E-state index is 10.4. The van der Waals surface area contributed by atoms with Crippen molar-refractivity contribution in [3.05, 3.63) is 0 Å². The average Bonchev–Trinajstić information content (AvgIpc) is 1.97. The van der Waals surface area contributed by atoms with Crippen LogP contribution in [0.5, 0.6) is 0 Å². The summed E-state index contributed by atoms with van der Waals surface area (Å²) in [5.74, 6) is 0. The summed E-state index contributed by atoms with van der Waals surface area (Å²) in [7, 11) is -4.18. The topological polar surface area (TPSA) is 133 Å². The summed E-state index contributed by atoms with van der Waals surface area (Å²) < 4.78 is 15.0. The Labute approximate surface area is 75.3 Å². The molecule has 0 saturated carbocycles. The van der Waals surface area contributed by atoms with Crippen molar-refractivity contribution in [2.45, 2.75) is 12.3 Å². The van der Waals surface area contributed by atoms with Gasteiger partial charge in [0.15, 0.2) is 0 Å². The Morgan fingerprint density at radius 2 is 2.00 bits per heavy atom.